The van der Waals surface area contributed by atoms with Crippen molar-refractivity contribution in [2.75, 3.05) is 20.5 Å². The summed E-state index contributed by atoms with van der Waals surface area (Å²) in [5.74, 6) is 1.30. The van der Waals surface area contributed by atoms with Gasteiger partial charge in [0.1, 0.15) is 6.79 Å². The minimum absolute atomic E-state index is 0.411. The topological polar surface area (TPSA) is 18.5 Å². The molecule has 0 radical (unpaired) electrons. The van der Waals surface area contributed by atoms with Crippen LogP contribution in [0.2, 0.25) is 0 Å². The van der Waals surface area contributed by atoms with Crippen LogP contribution in [0.1, 0.15) is 72.6 Å². The predicted octanol–water partition coefficient (Wildman–Crippen LogP) is 5.89. The van der Waals surface area contributed by atoms with Crippen molar-refractivity contribution in [2.24, 2.45) is 22.7 Å². The third kappa shape index (κ3) is 3.24. The lowest BCUT2D eigenvalue weighted by Gasteiger charge is -2.50. The zero-order valence-electron chi connectivity index (χ0n) is 16.4. The first-order valence-electron chi connectivity index (χ1n) is 9.85. The summed E-state index contributed by atoms with van der Waals surface area (Å²) in [6.07, 6.45) is 11.8. The molecule has 0 saturated heterocycles. The van der Waals surface area contributed by atoms with Crippen LogP contribution in [0.25, 0.3) is 0 Å². The summed E-state index contributed by atoms with van der Waals surface area (Å²) >= 11 is 0. The van der Waals surface area contributed by atoms with E-state index in [-0.39, 0.29) is 0 Å². The van der Waals surface area contributed by atoms with E-state index in [1.807, 2.05) is 5.57 Å². The fourth-order valence-corrected chi connectivity index (χ4v) is 5.59. The Morgan fingerprint density at radius 2 is 2.00 bits per heavy atom. The normalized spacial score (nSPS) is 37.5. The highest BCUT2D eigenvalue weighted by Crippen LogP contribution is 2.63. The third-order valence-corrected chi connectivity index (χ3v) is 7.29. The molecule has 0 heterocycles. The Hall–Kier alpha value is -0.600. The van der Waals surface area contributed by atoms with Crippen molar-refractivity contribution in [3.8, 4) is 0 Å². The van der Waals surface area contributed by atoms with Gasteiger partial charge in [0.2, 0.25) is 0 Å². The van der Waals surface area contributed by atoms with Crippen molar-refractivity contribution in [3.63, 3.8) is 0 Å². The molecule has 3 aliphatic rings. The summed E-state index contributed by atoms with van der Waals surface area (Å²) in [5.41, 5.74) is 6.09. The van der Waals surface area contributed by atoms with Gasteiger partial charge in [-0.2, -0.15) is 0 Å². The standard InChI is InChI=1S/C22H36O2/c1-16-6-7-19-20-18(17(2)14-24-15-23-5)9-11-22(20,4)13-12-21(19,3)10-8-16/h8,17,19H,6-7,9-15H2,1-5H3/t17-,19-,21-,22-/m1/s1. The van der Waals surface area contributed by atoms with Crippen LogP contribution in [0.3, 0.4) is 0 Å². The summed E-state index contributed by atoms with van der Waals surface area (Å²) in [7, 11) is 1.70. The SMILES string of the molecule is COCOC[C@@H](C)C1=C2[C@H]3CCC(C)=CC[C@]3(C)CC[C@@]2(C)CC1. The zero-order chi connectivity index (χ0) is 17.4. The Bertz CT molecular complexity index is 532. The van der Waals surface area contributed by atoms with Crippen LogP contribution in [-0.4, -0.2) is 20.5 Å². The Kier molecular flexibility index (Phi) is 5.28. The van der Waals surface area contributed by atoms with Crippen LogP contribution in [-0.2, 0) is 9.47 Å². The molecule has 2 heteroatoms. The molecule has 0 aromatic rings. The lowest BCUT2D eigenvalue weighted by molar-refractivity contribution is -0.0384. The van der Waals surface area contributed by atoms with Gasteiger partial charge in [-0.25, -0.2) is 0 Å². The summed E-state index contributed by atoms with van der Waals surface area (Å²) in [4.78, 5) is 0. The maximum Gasteiger partial charge on any atom is 0.146 e. The molecular weight excluding hydrogens is 296 g/mol. The maximum absolute atomic E-state index is 5.71. The third-order valence-electron chi connectivity index (χ3n) is 7.29. The average molecular weight is 333 g/mol. The van der Waals surface area contributed by atoms with Crippen LogP contribution in [0.4, 0.5) is 0 Å². The van der Waals surface area contributed by atoms with Crippen LogP contribution >= 0.6 is 0 Å². The summed E-state index contributed by atoms with van der Waals surface area (Å²) in [6.45, 7) is 11.0. The van der Waals surface area contributed by atoms with E-state index in [9.17, 15) is 0 Å². The zero-order valence-corrected chi connectivity index (χ0v) is 16.4. The Morgan fingerprint density at radius 3 is 2.75 bits per heavy atom. The number of hydrogen-bond acceptors (Lipinski definition) is 2. The molecule has 0 bridgehead atoms. The van der Waals surface area contributed by atoms with Gasteiger partial charge in [-0.3, -0.25) is 0 Å². The number of ether oxygens (including phenoxy) is 2. The van der Waals surface area contributed by atoms with Gasteiger partial charge in [0.05, 0.1) is 6.61 Å². The monoisotopic (exact) mass is 332 g/mol. The van der Waals surface area contributed by atoms with Gasteiger partial charge in [0.15, 0.2) is 0 Å². The number of hydrogen-bond donors (Lipinski definition) is 0. The number of fused-ring (bicyclic) bond motifs is 3. The van der Waals surface area contributed by atoms with E-state index in [1.54, 1.807) is 18.3 Å². The van der Waals surface area contributed by atoms with Gasteiger partial charge in [0, 0.05) is 13.0 Å². The molecule has 3 rings (SSSR count). The summed E-state index contributed by atoms with van der Waals surface area (Å²) < 4.78 is 10.8. The molecule has 24 heavy (non-hydrogen) atoms. The van der Waals surface area contributed by atoms with E-state index in [2.05, 4.69) is 33.8 Å². The Morgan fingerprint density at radius 1 is 1.21 bits per heavy atom. The fourth-order valence-electron chi connectivity index (χ4n) is 5.59. The molecule has 4 atom stereocenters. The molecule has 1 saturated carbocycles. The molecule has 3 aliphatic carbocycles. The van der Waals surface area contributed by atoms with E-state index >= 15 is 0 Å². The van der Waals surface area contributed by atoms with Gasteiger partial charge in [-0.1, -0.05) is 43.6 Å². The second-order valence-electron chi connectivity index (χ2n) is 9.18. The van der Waals surface area contributed by atoms with Gasteiger partial charge < -0.3 is 9.47 Å². The van der Waals surface area contributed by atoms with Gasteiger partial charge in [-0.15, -0.1) is 0 Å². The largest absolute Gasteiger partial charge is 0.359 e. The molecular formula is C22H36O2. The first-order valence-corrected chi connectivity index (χ1v) is 9.85. The second-order valence-corrected chi connectivity index (χ2v) is 9.18. The van der Waals surface area contributed by atoms with Crippen molar-refractivity contribution in [2.45, 2.75) is 72.6 Å². The molecule has 1 fully saturated rings. The summed E-state index contributed by atoms with van der Waals surface area (Å²) in [5, 5.41) is 0. The number of methoxy groups -OCH3 is 1. The van der Waals surface area contributed by atoms with E-state index in [0.717, 1.165) is 12.5 Å². The molecule has 0 amide bonds. The second kappa shape index (κ2) is 6.96. The van der Waals surface area contributed by atoms with Crippen molar-refractivity contribution >= 4 is 0 Å². The minimum atomic E-state index is 0.411. The van der Waals surface area contributed by atoms with Crippen molar-refractivity contribution in [1.82, 2.24) is 0 Å². The molecule has 2 nitrogen and oxygen atoms in total. The van der Waals surface area contributed by atoms with Crippen LogP contribution in [0.15, 0.2) is 22.8 Å². The highest BCUT2D eigenvalue weighted by Gasteiger charge is 2.51. The molecule has 0 aromatic heterocycles. The first kappa shape index (κ1) is 18.2. The molecule has 136 valence electrons. The van der Waals surface area contributed by atoms with Gasteiger partial charge in [0.25, 0.3) is 0 Å². The molecule has 0 unspecified atom stereocenters. The number of rotatable bonds is 5. The van der Waals surface area contributed by atoms with E-state index in [1.165, 1.54) is 44.9 Å². The Labute approximate surface area is 148 Å². The molecule has 0 spiro atoms. The molecule has 0 N–H and O–H groups in total. The average Bonchev–Trinajstić information content (AvgIpc) is 2.82. The Balaban J connectivity index is 1.90. The fraction of sp³-hybridized carbons (Fsp3) is 0.818. The van der Waals surface area contributed by atoms with Crippen molar-refractivity contribution < 1.29 is 9.47 Å². The highest BCUT2D eigenvalue weighted by molar-refractivity contribution is 5.36. The van der Waals surface area contributed by atoms with Gasteiger partial charge in [-0.05, 0) is 68.6 Å². The van der Waals surface area contributed by atoms with Crippen molar-refractivity contribution in [3.05, 3.63) is 22.8 Å². The van der Waals surface area contributed by atoms with E-state index in [4.69, 9.17) is 9.47 Å². The quantitative estimate of drug-likeness (QED) is 0.355. The van der Waals surface area contributed by atoms with Crippen LogP contribution < -0.4 is 0 Å². The smallest absolute Gasteiger partial charge is 0.146 e. The lowest BCUT2D eigenvalue weighted by atomic mass is 9.55. The number of allylic oxidation sites excluding steroid dienone is 3. The van der Waals surface area contributed by atoms with Crippen molar-refractivity contribution in [1.29, 1.82) is 0 Å². The van der Waals surface area contributed by atoms with E-state index < -0.39 is 0 Å². The first-order chi connectivity index (χ1) is 11.4. The van der Waals surface area contributed by atoms with Gasteiger partial charge >= 0.3 is 0 Å². The predicted molar refractivity (Wildman–Crippen MR) is 99.8 cm³/mol. The summed E-state index contributed by atoms with van der Waals surface area (Å²) in [6, 6.07) is 0. The van der Waals surface area contributed by atoms with E-state index in [0.29, 0.717) is 23.5 Å². The molecule has 0 aromatic carbocycles. The minimum Gasteiger partial charge on any atom is -0.359 e. The molecule has 0 aliphatic heterocycles. The van der Waals surface area contributed by atoms with Crippen LogP contribution in [0.5, 0.6) is 0 Å². The highest BCUT2D eigenvalue weighted by atomic mass is 16.7. The van der Waals surface area contributed by atoms with Crippen LogP contribution in [0, 0.1) is 22.7 Å². The lowest BCUT2D eigenvalue weighted by Crippen LogP contribution is -2.39. The maximum atomic E-state index is 5.71.